The molecule has 1 aromatic heterocycles. The summed E-state index contributed by atoms with van der Waals surface area (Å²) in [5.74, 6) is 0. The van der Waals surface area contributed by atoms with Gasteiger partial charge >= 0.3 is 0 Å². The second-order valence-corrected chi connectivity index (χ2v) is 5.23. The quantitative estimate of drug-likeness (QED) is 0.916. The van der Waals surface area contributed by atoms with E-state index in [4.69, 9.17) is 11.6 Å². The second kappa shape index (κ2) is 6.18. The first kappa shape index (κ1) is 14.0. The van der Waals surface area contributed by atoms with Crippen LogP contribution in [0.25, 0.3) is 0 Å². The number of pyridine rings is 1. The monoisotopic (exact) mass is 274 g/mol. The zero-order valence-corrected chi connectivity index (χ0v) is 12.3. The smallest absolute Gasteiger partial charge is 0.0438 e. The van der Waals surface area contributed by atoms with Gasteiger partial charge in [0.1, 0.15) is 0 Å². The van der Waals surface area contributed by atoms with Gasteiger partial charge < -0.3 is 5.32 Å². The van der Waals surface area contributed by atoms with Crippen molar-refractivity contribution in [2.24, 2.45) is 0 Å². The van der Waals surface area contributed by atoms with Crippen LogP contribution in [-0.2, 0) is 6.42 Å². The van der Waals surface area contributed by atoms with Gasteiger partial charge in [-0.25, -0.2) is 0 Å². The summed E-state index contributed by atoms with van der Waals surface area (Å²) in [6.45, 7) is 4.11. The predicted molar refractivity (Wildman–Crippen MR) is 80.7 cm³/mol. The largest absolute Gasteiger partial charge is 0.313 e. The van der Waals surface area contributed by atoms with Crippen LogP contribution in [0, 0.1) is 13.8 Å². The Morgan fingerprint density at radius 1 is 1.21 bits per heavy atom. The SMILES string of the molecule is CNC(Cc1ccc(C)cn1)c1cccc(Cl)c1C. The number of rotatable bonds is 4. The molecule has 1 aromatic carbocycles. The molecule has 0 aliphatic carbocycles. The summed E-state index contributed by atoms with van der Waals surface area (Å²) in [5, 5.41) is 4.17. The maximum absolute atomic E-state index is 6.20. The first-order chi connectivity index (χ1) is 9.11. The van der Waals surface area contributed by atoms with E-state index in [0.717, 1.165) is 22.7 Å². The van der Waals surface area contributed by atoms with Crippen LogP contribution in [-0.4, -0.2) is 12.0 Å². The summed E-state index contributed by atoms with van der Waals surface area (Å²) >= 11 is 6.20. The number of benzene rings is 1. The number of nitrogens with zero attached hydrogens (tertiary/aromatic N) is 1. The minimum atomic E-state index is 0.230. The summed E-state index contributed by atoms with van der Waals surface area (Å²) in [6, 6.07) is 10.5. The van der Waals surface area contributed by atoms with E-state index < -0.39 is 0 Å². The number of likely N-dealkylation sites (N-methyl/N-ethyl adjacent to an activating group) is 1. The number of aromatic nitrogens is 1. The molecule has 2 rings (SSSR count). The molecular weight excluding hydrogens is 256 g/mol. The number of hydrogen-bond acceptors (Lipinski definition) is 2. The standard InChI is InChI=1S/C16H19ClN2/c1-11-7-8-13(19-10-11)9-16(18-3)14-5-4-6-15(17)12(14)2/h4-8,10,16,18H,9H2,1-3H3. The van der Waals surface area contributed by atoms with Crippen LogP contribution in [0.4, 0.5) is 0 Å². The highest BCUT2D eigenvalue weighted by molar-refractivity contribution is 6.31. The van der Waals surface area contributed by atoms with Crippen molar-refractivity contribution in [1.82, 2.24) is 10.3 Å². The summed E-state index contributed by atoms with van der Waals surface area (Å²) in [5.41, 5.74) is 4.64. The van der Waals surface area contributed by atoms with Gasteiger partial charge in [0.15, 0.2) is 0 Å². The van der Waals surface area contributed by atoms with Crippen molar-refractivity contribution in [3.63, 3.8) is 0 Å². The fourth-order valence-electron chi connectivity index (χ4n) is 2.20. The van der Waals surface area contributed by atoms with Gasteiger partial charge in [-0.15, -0.1) is 0 Å². The first-order valence-electron chi connectivity index (χ1n) is 6.45. The molecule has 1 heterocycles. The van der Waals surface area contributed by atoms with Crippen molar-refractivity contribution in [2.45, 2.75) is 26.3 Å². The van der Waals surface area contributed by atoms with Crippen LogP contribution < -0.4 is 5.32 Å². The molecule has 1 N–H and O–H groups in total. The molecule has 0 aliphatic heterocycles. The molecule has 100 valence electrons. The zero-order chi connectivity index (χ0) is 13.8. The molecule has 2 aromatic rings. The van der Waals surface area contributed by atoms with Gasteiger partial charge in [0.25, 0.3) is 0 Å². The Balaban J connectivity index is 2.25. The lowest BCUT2D eigenvalue weighted by Crippen LogP contribution is -2.20. The zero-order valence-electron chi connectivity index (χ0n) is 11.6. The number of nitrogens with one attached hydrogen (secondary N) is 1. The van der Waals surface area contributed by atoms with Crippen LogP contribution in [0.2, 0.25) is 5.02 Å². The lowest BCUT2D eigenvalue weighted by molar-refractivity contribution is 0.581. The van der Waals surface area contributed by atoms with Crippen LogP contribution in [0.1, 0.15) is 28.4 Å². The Kier molecular flexibility index (Phi) is 4.56. The van der Waals surface area contributed by atoms with Gasteiger partial charge in [-0.1, -0.05) is 29.8 Å². The van der Waals surface area contributed by atoms with Crippen molar-refractivity contribution < 1.29 is 0 Å². The topological polar surface area (TPSA) is 24.9 Å². The highest BCUT2D eigenvalue weighted by Gasteiger charge is 2.14. The molecule has 0 amide bonds. The van der Waals surface area contributed by atoms with Crippen molar-refractivity contribution in [2.75, 3.05) is 7.05 Å². The molecule has 0 aliphatic rings. The Labute approximate surface area is 119 Å². The van der Waals surface area contributed by atoms with Crippen molar-refractivity contribution in [3.05, 3.63) is 63.9 Å². The van der Waals surface area contributed by atoms with E-state index in [1.807, 2.05) is 32.3 Å². The molecule has 0 radical (unpaired) electrons. The summed E-state index contributed by atoms with van der Waals surface area (Å²) in [4.78, 5) is 4.47. The van der Waals surface area contributed by atoms with E-state index in [-0.39, 0.29) is 6.04 Å². The molecule has 2 nitrogen and oxygen atoms in total. The van der Waals surface area contributed by atoms with Crippen molar-refractivity contribution in [1.29, 1.82) is 0 Å². The Hall–Kier alpha value is -1.38. The maximum atomic E-state index is 6.20. The molecule has 0 saturated carbocycles. The highest BCUT2D eigenvalue weighted by Crippen LogP contribution is 2.26. The molecule has 1 unspecified atom stereocenters. The third kappa shape index (κ3) is 3.34. The van der Waals surface area contributed by atoms with Gasteiger partial charge in [-0.2, -0.15) is 0 Å². The van der Waals surface area contributed by atoms with Crippen LogP contribution in [0.15, 0.2) is 36.5 Å². The third-order valence-electron chi connectivity index (χ3n) is 3.42. The molecule has 0 fully saturated rings. The predicted octanol–water partition coefficient (Wildman–Crippen LogP) is 3.86. The van der Waals surface area contributed by atoms with Crippen LogP contribution >= 0.6 is 11.6 Å². The normalized spacial score (nSPS) is 12.4. The molecule has 0 saturated heterocycles. The Morgan fingerprint density at radius 3 is 2.63 bits per heavy atom. The molecule has 0 bridgehead atoms. The fraction of sp³-hybridized carbons (Fsp3) is 0.312. The minimum Gasteiger partial charge on any atom is -0.313 e. The molecule has 1 atom stereocenters. The van der Waals surface area contributed by atoms with Gasteiger partial charge in [0.05, 0.1) is 0 Å². The number of aryl methyl sites for hydroxylation is 1. The van der Waals surface area contributed by atoms with Gasteiger partial charge in [0, 0.05) is 29.4 Å². The van der Waals surface area contributed by atoms with Crippen molar-refractivity contribution >= 4 is 11.6 Å². The molecular formula is C16H19ClN2. The van der Waals surface area contributed by atoms with E-state index >= 15 is 0 Å². The van der Waals surface area contributed by atoms with Crippen LogP contribution in [0.3, 0.4) is 0 Å². The lowest BCUT2D eigenvalue weighted by atomic mass is 9.97. The Bertz CT molecular complexity index is 549. The van der Waals surface area contributed by atoms with Gasteiger partial charge in [-0.3, -0.25) is 4.98 Å². The van der Waals surface area contributed by atoms with E-state index in [9.17, 15) is 0 Å². The average Bonchev–Trinajstić information content (AvgIpc) is 2.42. The van der Waals surface area contributed by atoms with Crippen LogP contribution in [0.5, 0.6) is 0 Å². The molecule has 0 spiro atoms. The average molecular weight is 275 g/mol. The van der Waals surface area contributed by atoms with E-state index in [0.29, 0.717) is 0 Å². The number of hydrogen-bond donors (Lipinski definition) is 1. The fourth-order valence-corrected chi connectivity index (χ4v) is 2.38. The summed E-state index contributed by atoms with van der Waals surface area (Å²) in [6.07, 6.45) is 2.77. The highest BCUT2D eigenvalue weighted by atomic mass is 35.5. The minimum absolute atomic E-state index is 0.230. The molecule has 3 heteroatoms. The number of halogens is 1. The van der Waals surface area contributed by atoms with E-state index in [1.54, 1.807) is 0 Å². The Morgan fingerprint density at radius 2 is 2.00 bits per heavy atom. The van der Waals surface area contributed by atoms with Gasteiger partial charge in [-0.05, 0) is 49.7 Å². The third-order valence-corrected chi connectivity index (χ3v) is 3.83. The van der Waals surface area contributed by atoms with Crippen molar-refractivity contribution in [3.8, 4) is 0 Å². The maximum Gasteiger partial charge on any atom is 0.0438 e. The van der Waals surface area contributed by atoms with E-state index in [1.165, 1.54) is 11.1 Å². The summed E-state index contributed by atoms with van der Waals surface area (Å²) < 4.78 is 0. The first-order valence-corrected chi connectivity index (χ1v) is 6.83. The summed E-state index contributed by atoms with van der Waals surface area (Å²) in [7, 11) is 1.97. The lowest BCUT2D eigenvalue weighted by Gasteiger charge is -2.19. The second-order valence-electron chi connectivity index (χ2n) is 4.83. The van der Waals surface area contributed by atoms with E-state index in [2.05, 4.69) is 35.4 Å². The molecule has 19 heavy (non-hydrogen) atoms. The van der Waals surface area contributed by atoms with Gasteiger partial charge in [0.2, 0.25) is 0 Å².